The van der Waals surface area contributed by atoms with Gasteiger partial charge in [-0.25, -0.2) is 4.98 Å². The molecule has 1 aromatic heterocycles. The summed E-state index contributed by atoms with van der Waals surface area (Å²) >= 11 is 3.17. The fourth-order valence-electron chi connectivity index (χ4n) is 1.54. The maximum absolute atomic E-state index is 11.4. The van der Waals surface area contributed by atoms with E-state index in [4.69, 9.17) is 4.74 Å². The summed E-state index contributed by atoms with van der Waals surface area (Å²) in [5, 5.41) is 0. The van der Waals surface area contributed by atoms with Crippen LogP contribution in [0.4, 0.5) is 0 Å². The van der Waals surface area contributed by atoms with Crippen LogP contribution in [-0.2, 0) is 4.74 Å². The van der Waals surface area contributed by atoms with Crippen LogP contribution in [0.1, 0.15) is 30.5 Å². The summed E-state index contributed by atoms with van der Waals surface area (Å²) < 4.78 is 5.94. The fraction of sp³-hybridized carbons (Fsp3) is 0.556. The molecule has 76 valence electrons. The van der Waals surface area contributed by atoms with E-state index in [0.29, 0.717) is 16.0 Å². The molecule has 1 atom stereocenters. The molecule has 2 heterocycles. The van der Waals surface area contributed by atoms with Gasteiger partial charge in [0.25, 0.3) is 5.56 Å². The van der Waals surface area contributed by atoms with Gasteiger partial charge in [-0.3, -0.25) is 4.79 Å². The van der Waals surface area contributed by atoms with Crippen LogP contribution in [0.5, 0.6) is 0 Å². The number of halogens is 1. The van der Waals surface area contributed by atoms with E-state index in [-0.39, 0.29) is 11.7 Å². The third-order valence-electron chi connectivity index (χ3n) is 2.28. The van der Waals surface area contributed by atoms with E-state index in [1.54, 1.807) is 6.92 Å². The van der Waals surface area contributed by atoms with Crippen LogP contribution in [0.15, 0.2) is 9.27 Å². The molecular weight excluding hydrogens is 248 g/mol. The number of aromatic nitrogens is 2. The number of hydrogen-bond acceptors (Lipinski definition) is 3. The van der Waals surface area contributed by atoms with Crippen molar-refractivity contribution in [2.75, 3.05) is 6.61 Å². The number of nitrogens with zero attached hydrogens (tertiary/aromatic N) is 1. The summed E-state index contributed by atoms with van der Waals surface area (Å²) in [6, 6.07) is 0. The zero-order valence-corrected chi connectivity index (χ0v) is 9.43. The zero-order valence-electron chi connectivity index (χ0n) is 7.84. The van der Waals surface area contributed by atoms with Gasteiger partial charge in [-0.1, -0.05) is 0 Å². The van der Waals surface area contributed by atoms with E-state index in [0.717, 1.165) is 19.4 Å². The average Bonchev–Trinajstić information content (AvgIpc) is 2.66. The van der Waals surface area contributed by atoms with Gasteiger partial charge in [0.05, 0.1) is 5.69 Å². The third kappa shape index (κ3) is 1.74. The van der Waals surface area contributed by atoms with Crippen LogP contribution < -0.4 is 5.56 Å². The molecule has 1 unspecified atom stereocenters. The Labute approximate surface area is 89.8 Å². The van der Waals surface area contributed by atoms with Gasteiger partial charge < -0.3 is 9.72 Å². The molecule has 0 bridgehead atoms. The molecule has 0 saturated carbocycles. The van der Waals surface area contributed by atoms with Gasteiger partial charge >= 0.3 is 0 Å². The standard InChI is InChI=1S/C9H11BrN2O2/c1-5-7(10)9(13)12-8(11-5)6-3-2-4-14-6/h6H,2-4H2,1H3,(H,11,12,13). The smallest absolute Gasteiger partial charge is 0.265 e. The van der Waals surface area contributed by atoms with Crippen LogP contribution in [-0.4, -0.2) is 16.6 Å². The highest BCUT2D eigenvalue weighted by Gasteiger charge is 2.20. The van der Waals surface area contributed by atoms with E-state index in [9.17, 15) is 4.79 Å². The van der Waals surface area contributed by atoms with Gasteiger partial charge in [0.2, 0.25) is 0 Å². The number of aryl methyl sites for hydroxylation is 1. The summed E-state index contributed by atoms with van der Waals surface area (Å²) in [7, 11) is 0. The summed E-state index contributed by atoms with van der Waals surface area (Å²) in [6.07, 6.45) is 1.93. The fourth-order valence-corrected chi connectivity index (χ4v) is 1.73. The zero-order chi connectivity index (χ0) is 10.1. The molecule has 1 saturated heterocycles. The molecule has 1 aliphatic heterocycles. The molecule has 1 N–H and O–H groups in total. The molecule has 1 fully saturated rings. The van der Waals surface area contributed by atoms with Crippen LogP contribution >= 0.6 is 15.9 Å². The highest BCUT2D eigenvalue weighted by Crippen LogP contribution is 2.25. The summed E-state index contributed by atoms with van der Waals surface area (Å²) in [5.74, 6) is 0.646. The molecule has 14 heavy (non-hydrogen) atoms. The largest absolute Gasteiger partial charge is 0.370 e. The Morgan fingerprint density at radius 3 is 3.00 bits per heavy atom. The van der Waals surface area contributed by atoms with Crippen molar-refractivity contribution in [3.8, 4) is 0 Å². The Kier molecular flexibility index (Phi) is 2.69. The third-order valence-corrected chi connectivity index (χ3v) is 3.22. The summed E-state index contributed by atoms with van der Waals surface area (Å²) in [4.78, 5) is 18.4. The van der Waals surface area contributed by atoms with Crippen molar-refractivity contribution >= 4 is 15.9 Å². The number of H-pyrrole nitrogens is 1. The quantitative estimate of drug-likeness (QED) is 0.834. The lowest BCUT2D eigenvalue weighted by Gasteiger charge is -2.09. The molecule has 0 aliphatic carbocycles. The van der Waals surface area contributed by atoms with Crippen LogP contribution in [0.3, 0.4) is 0 Å². The minimum absolute atomic E-state index is 0.0329. The van der Waals surface area contributed by atoms with Crippen molar-refractivity contribution < 1.29 is 4.74 Å². The van der Waals surface area contributed by atoms with Crippen molar-refractivity contribution in [1.29, 1.82) is 0 Å². The highest BCUT2D eigenvalue weighted by atomic mass is 79.9. The first-order valence-corrected chi connectivity index (χ1v) is 5.35. The van der Waals surface area contributed by atoms with Crippen LogP contribution in [0, 0.1) is 6.92 Å². The molecule has 1 aliphatic rings. The van der Waals surface area contributed by atoms with Crippen molar-refractivity contribution in [3.05, 3.63) is 26.3 Å². The van der Waals surface area contributed by atoms with Gasteiger partial charge in [-0.2, -0.15) is 0 Å². The SMILES string of the molecule is Cc1nc(C2CCCO2)[nH]c(=O)c1Br. The van der Waals surface area contributed by atoms with Crippen LogP contribution in [0.2, 0.25) is 0 Å². The number of aromatic amines is 1. The normalized spacial score (nSPS) is 21.4. The second-order valence-electron chi connectivity index (χ2n) is 3.35. The molecular formula is C9H11BrN2O2. The lowest BCUT2D eigenvalue weighted by Crippen LogP contribution is -2.16. The summed E-state index contributed by atoms with van der Waals surface area (Å²) in [5.41, 5.74) is 0.572. The lowest BCUT2D eigenvalue weighted by molar-refractivity contribution is 0.104. The molecule has 4 nitrogen and oxygen atoms in total. The van der Waals surface area contributed by atoms with Crippen molar-refractivity contribution in [1.82, 2.24) is 9.97 Å². The van der Waals surface area contributed by atoms with Gasteiger partial charge in [-0.15, -0.1) is 0 Å². The first-order chi connectivity index (χ1) is 6.68. The minimum atomic E-state index is -0.136. The first-order valence-electron chi connectivity index (χ1n) is 4.56. The van der Waals surface area contributed by atoms with Crippen molar-refractivity contribution in [3.63, 3.8) is 0 Å². The Morgan fingerprint density at radius 2 is 2.43 bits per heavy atom. The van der Waals surface area contributed by atoms with Crippen molar-refractivity contribution in [2.24, 2.45) is 0 Å². The molecule has 0 aromatic carbocycles. The Balaban J connectivity index is 2.39. The second kappa shape index (κ2) is 3.82. The van der Waals surface area contributed by atoms with Gasteiger partial charge in [0.15, 0.2) is 0 Å². The maximum Gasteiger partial charge on any atom is 0.265 e. The van der Waals surface area contributed by atoms with E-state index in [2.05, 4.69) is 25.9 Å². The molecule has 0 amide bonds. The topological polar surface area (TPSA) is 55.0 Å². The average molecular weight is 259 g/mol. The maximum atomic E-state index is 11.4. The number of nitrogens with one attached hydrogen (secondary N) is 1. The molecule has 0 radical (unpaired) electrons. The highest BCUT2D eigenvalue weighted by molar-refractivity contribution is 9.10. The Bertz CT molecular complexity index is 396. The Morgan fingerprint density at radius 1 is 1.64 bits per heavy atom. The van der Waals surface area contributed by atoms with Crippen molar-refractivity contribution in [2.45, 2.75) is 25.9 Å². The van der Waals surface area contributed by atoms with Gasteiger partial charge in [0, 0.05) is 6.61 Å². The summed E-state index contributed by atoms with van der Waals surface area (Å²) in [6.45, 7) is 2.56. The molecule has 5 heteroatoms. The number of ether oxygens (including phenoxy) is 1. The van der Waals surface area contributed by atoms with Gasteiger partial charge in [-0.05, 0) is 35.7 Å². The number of hydrogen-bond donors (Lipinski definition) is 1. The second-order valence-corrected chi connectivity index (χ2v) is 4.15. The molecule has 1 aromatic rings. The van der Waals surface area contributed by atoms with Gasteiger partial charge in [0.1, 0.15) is 16.4 Å². The van der Waals surface area contributed by atoms with Crippen LogP contribution in [0.25, 0.3) is 0 Å². The molecule has 0 spiro atoms. The minimum Gasteiger partial charge on any atom is -0.370 e. The van der Waals surface area contributed by atoms with E-state index < -0.39 is 0 Å². The first kappa shape index (κ1) is 9.86. The van der Waals surface area contributed by atoms with E-state index in [1.807, 2.05) is 0 Å². The predicted octanol–water partition coefficient (Wildman–Crippen LogP) is 1.69. The van der Waals surface area contributed by atoms with E-state index in [1.165, 1.54) is 0 Å². The monoisotopic (exact) mass is 258 g/mol. The number of rotatable bonds is 1. The molecule has 2 rings (SSSR count). The Hall–Kier alpha value is -0.680. The van der Waals surface area contributed by atoms with E-state index >= 15 is 0 Å². The predicted molar refractivity (Wildman–Crippen MR) is 55.2 cm³/mol. The lowest BCUT2D eigenvalue weighted by atomic mass is 10.2.